The Morgan fingerprint density at radius 3 is 2.71 bits per heavy atom. The molecule has 1 aromatic carbocycles. The molecule has 4 nitrogen and oxygen atoms in total. The Balaban J connectivity index is 1.61. The predicted molar refractivity (Wildman–Crippen MR) is 90.0 cm³/mol. The Morgan fingerprint density at radius 2 is 1.96 bits per heavy atom. The molecular weight excluding hydrogens is 371 g/mol. The van der Waals surface area contributed by atoms with E-state index in [-0.39, 0.29) is 29.5 Å². The molecule has 1 fully saturated rings. The topological polar surface area (TPSA) is 52.6 Å². The SMILES string of the molecule is CC1(C)CC[C@H](O[Se](=O)c2ccccc2)C2=C1[C@H]1OC(=O)C[C@H]1C2. The summed E-state index contributed by atoms with van der Waals surface area (Å²) in [6.07, 6.45) is 3.00. The second kappa shape index (κ2) is 5.90. The molecule has 128 valence electrons. The quantitative estimate of drug-likeness (QED) is 0.450. The van der Waals surface area contributed by atoms with Gasteiger partial charge in [-0.1, -0.05) is 0 Å². The average molecular weight is 393 g/mol. The molecule has 24 heavy (non-hydrogen) atoms. The Hall–Kier alpha value is -1.29. The first-order valence-corrected chi connectivity index (χ1v) is 10.8. The molecule has 4 rings (SSSR count). The van der Waals surface area contributed by atoms with Gasteiger partial charge in [0.15, 0.2) is 0 Å². The van der Waals surface area contributed by atoms with Crippen molar-refractivity contribution in [1.82, 2.24) is 0 Å². The van der Waals surface area contributed by atoms with Gasteiger partial charge < -0.3 is 0 Å². The standard InChI is InChI=1S/C19H22O4Se/c1-19(2)9-8-15(23-24(21)13-6-4-3-5-7-13)14-10-12-11-16(20)22-18(12)17(14)19/h3-7,12,15,18H,8-11H2,1-2H3/t12-,15+,18+,24?/m1/s1. The molecular formula is C19H22O4Se. The summed E-state index contributed by atoms with van der Waals surface area (Å²) in [5.74, 6) is 0.155. The van der Waals surface area contributed by atoms with Gasteiger partial charge in [0.25, 0.3) is 0 Å². The van der Waals surface area contributed by atoms with Crippen LogP contribution in [0.15, 0.2) is 41.5 Å². The van der Waals surface area contributed by atoms with E-state index in [1.54, 1.807) is 0 Å². The van der Waals surface area contributed by atoms with Crippen molar-refractivity contribution < 1.29 is 17.2 Å². The van der Waals surface area contributed by atoms with Gasteiger partial charge in [0, 0.05) is 0 Å². The van der Waals surface area contributed by atoms with Gasteiger partial charge in [0.1, 0.15) is 0 Å². The summed E-state index contributed by atoms with van der Waals surface area (Å²) in [4.78, 5) is 11.7. The Kier molecular flexibility index (Phi) is 3.98. The van der Waals surface area contributed by atoms with E-state index in [0.717, 1.165) is 23.7 Å². The van der Waals surface area contributed by atoms with E-state index in [1.807, 2.05) is 30.3 Å². The first-order chi connectivity index (χ1) is 11.5. The number of carbonyl (C=O) groups is 1. The van der Waals surface area contributed by atoms with Gasteiger partial charge in [0.05, 0.1) is 0 Å². The van der Waals surface area contributed by atoms with Crippen LogP contribution >= 0.6 is 0 Å². The van der Waals surface area contributed by atoms with Crippen molar-refractivity contribution >= 4 is 24.6 Å². The van der Waals surface area contributed by atoms with E-state index in [4.69, 9.17) is 8.56 Å². The zero-order valence-electron chi connectivity index (χ0n) is 14.0. The fourth-order valence-electron chi connectivity index (χ4n) is 4.38. The van der Waals surface area contributed by atoms with Crippen LogP contribution in [0.3, 0.4) is 0 Å². The van der Waals surface area contributed by atoms with Crippen molar-refractivity contribution in [2.75, 3.05) is 0 Å². The number of hydrogen-bond donors (Lipinski definition) is 0. The number of benzene rings is 1. The van der Waals surface area contributed by atoms with Crippen LogP contribution in [0.4, 0.5) is 0 Å². The Bertz CT molecular complexity index is 722. The zero-order chi connectivity index (χ0) is 16.9. The average Bonchev–Trinajstić information content (AvgIpc) is 3.07. The van der Waals surface area contributed by atoms with E-state index < -0.39 is 14.2 Å². The van der Waals surface area contributed by atoms with Crippen LogP contribution in [-0.2, 0) is 17.2 Å². The van der Waals surface area contributed by atoms with E-state index in [9.17, 15) is 8.63 Å². The molecule has 0 radical (unpaired) electrons. The van der Waals surface area contributed by atoms with Gasteiger partial charge in [-0.3, -0.25) is 0 Å². The first kappa shape index (κ1) is 16.2. The molecule has 1 saturated heterocycles. The summed E-state index contributed by atoms with van der Waals surface area (Å²) in [5.41, 5.74) is 2.50. The molecule has 0 amide bonds. The van der Waals surface area contributed by atoms with E-state index in [2.05, 4.69) is 13.8 Å². The third-order valence-electron chi connectivity index (χ3n) is 5.52. The molecule has 0 aromatic heterocycles. The summed E-state index contributed by atoms with van der Waals surface area (Å²) >= 11 is -2.52. The van der Waals surface area contributed by atoms with Gasteiger partial charge >= 0.3 is 146 Å². The molecule has 0 bridgehead atoms. The van der Waals surface area contributed by atoms with E-state index in [0.29, 0.717) is 6.42 Å². The normalized spacial score (nSPS) is 32.2. The monoisotopic (exact) mass is 394 g/mol. The number of carbonyl (C=O) groups excluding carboxylic acids is 1. The second-order valence-electron chi connectivity index (χ2n) is 7.57. The molecule has 0 saturated carbocycles. The van der Waals surface area contributed by atoms with Gasteiger partial charge in [-0.2, -0.15) is 0 Å². The molecule has 1 aliphatic heterocycles. The summed E-state index contributed by atoms with van der Waals surface area (Å²) in [6, 6.07) is 9.43. The number of fused-ring (bicyclic) bond motifs is 2. The summed E-state index contributed by atoms with van der Waals surface area (Å²) in [7, 11) is 0. The van der Waals surface area contributed by atoms with Crippen LogP contribution in [0.5, 0.6) is 0 Å². The minimum atomic E-state index is -2.52. The van der Waals surface area contributed by atoms with Crippen LogP contribution in [0.1, 0.15) is 39.5 Å². The number of rotatable bonds is 3. The first-order valence-electron chi connectivity index (χ1n) is 8.52. The number of esters is 1. The molecule has 0 N–H and O–H groups in total. The number of ether oxygens (including phenoxy) is 1. The zero-order valence-corrected chi connectivity index (χ0v) is 15.7. The van der Waals surface area contributed by atoms with E-state index in [1.165, 1.54) is 11.1 Å². The van der Waals surface area contributed by atoms with Crippen LogP contribution in [-0.4, -0.2) is 32.3 Å². The van der Waals surface area contributed by atoms with Crippen molar-refractivity contribution in [2.24, 2.45) is 11.3 Å². The summed E-state index contributed by atoms with van der Waals surface area (Å²) < 4.78 is 25.1. The fourth-order valence-corrected chi connectivity index (χ4v) is 6.30. The predicted octanol–water partition coefficient (Wildman–Crippen LogP) is 2.65. The molecule has 5 heteroatoms. The third-order valence-corrected chi connectivity index (χ3v) is 7.75. The fraction of sp³-hybridized carbons (Fsp3) is 0.526. The molecule has 1 aromatic rings. The Labute approximate surface area is 146 Å². The van der Waals surface area contributed by atoms with Crippen molar-refractivity contribution in [3.05, 3.63) is 41.5 Å². The van der Waals surface area contributed by atoms with Gasteiger partial charge in [-0.05, 0) is 0 Å². The molecule has 0 spiro atoms. The van der Waals surface area contributed by atoms with Crippen molar-refractivity contribution in [3.63, 3.8) is 0 Å². The minimum absolute atomic E-state index is 0.0182. The summed E-state index contributed by atoms with van der Waals surface area (Å²) in [6.45, 7) is 4.44. The Morgan fingerprint density at radius 1 is 1.21 bits per heavy atom. The maximum absolute atomic E-state index is 12.6. The van der Waals surface area contributed by atoms with E-state index >= 15 is 0 Å². The van der Waals surface area contributed by atoms with Crippen LogP contribution in [0.2, 0.25) is 0 Å². The van der Waals surface area contributed by atoms with Crippen LogP contribution < -0.4 is 4.46 Å². The molecule has 1 unspecified atom stereocenters. The summed E-state index contributed by atoms with van der Waals surface area (Å²) in [5, 5.41) is 0. The van der Waals surface area contributed by atoms with Gasteiger partial charge in [-0.15, -0.1) is 0 Å². The van der Waals surface area contributed by atoms with Gasteiger partial charge in [0.2, 0.25) is 0 Å². The van der Waals surface area contributed by atoms with Crippen molar-refractivity contribution in [2.45, 2.75) is 51.7 Å². The van der Waals surface area contributed by atoms with Gasteiger partial charge in [-0.25, -0.2) is 0 Å². The molecule has 4 atom stereocenters. The second-order valence-corrected chi connectivity index (χ2v) is 9.95. The van der Waals surface area contributed by atoms with Crippen molar-refractivity contribution in [1.29, 1.82) is 0 Å². The number of hydrogen-bond acceptors (Lipinski definition) is 4. The van der Waals surface area contributed by atoms with Crippen molar-refractivity contribution in [3.8, 4) is 0 Å². The molecule has 3 aliphatic rings. The third kappa shape index (κ3) is 2.69. The molecule has 1 heterocycles. The molecule has 2 aliphatic carbocycles. The van der Waals surface area contributed by atoms with Crippen LogP contribution in [0, 0.1) is 11.3 Å². The maximum atomic E-state index is 12.6. The van der Waals surface area contributed by atoms with Crippen LogP contribution in [0.25, 0.3) is 0 Å².